The molecule has 0 atom stereocenters. The summed E-state index contributed by atoms with van der Waals surface area (Å²) in [6.07, 6.45) is -1.12. The van der Waals surface area contributed by atoms with E-state index in [0.29, 0.717) is 42.9 Å². The molecule has 13 heteroatoms. The summed E-state index contributed by atoms with van der Waals surface area (Å²) in [4.78, 5) is 30.4. The van der Waals surface area contributed by atoms with Crippen molar-refractivity contribution >= 4 is 29.2 Å². The molecule has 3 N–H and O–H groups in total. The Morgan fingerprint density at radius 1 is 1.12 bits per heavy atom. The number of ether oxygens (including phenoxy) is 1. The minimum Gasteiger partial charge on any atom is -0.465 e. The first-order chi connectivity index (χ1) is 18.9. The van der Waals surface area contributed by atoms with Crippen LogP contribution < -0.4 is 15.5 Å². The van der Waals surface area contributed by atoms with Gasteiger partial charge in [-0.3, -0.25) is 9.69 Å². The molecule has 2 aliphatic rings. The maximum atomic E-state index is 13.7. The number of hydrogen-bond acceptors (Lipinski definition) is 6. The van der Waals surface area contributed by atoms with E-state index in [4.69, 9.17) is 4.74 Å². The number of carboxylic acid groups (broad SMARTS) is 1. The Morgan fingerprint density at radius 2 is 1.80 bits per heavy atom. The van der Waals surface area contributed by atoms with Gasteiger partial charge in [0.15, 0.2) is 5.65 Å². The minimum atomic E-state index is -4.60. The van der Waals surface area contributed by atoms with Crippen LogP contribution in [0.3, 0.4) is 0 Å². The molecular formula is C27H31F3N6O4. The van der Waals surface area contributed by atoms with E-state index in [1.807, 2.05) is 0 Å². The molecule has 0 unspecified atom stereocenters. The van der Waals surface area contributed by atoms with E-state index < -0.39 is 17.8 Å². The zero-order chi connectivity index (χ0) is 28.7. The number of benzene rings is 1. The molecule has 0 bridgehead atoms. The van der Waals surface area contributed by atoms with Crippen molar-refractivity contribution in [1.82, 2.24) is 19.9 Å². The Morgan fingerprint density at radius 3 is 2.40 bits per heavy atom. The molecule has 2 aromatic heterocycles. The number of hydrogen-bond donors (Lipinski definition) is 3. The smallest absolute Gasteiger partial charge is 0.411 e. The molecule has 1 saturated heterocycles. The summed E-state index contributed by atoms with van der Waals surface area (Å²) < 4.78 is 47.9. The van der Waals surface area contributed by atoms with Crippen molar-refractivity contribution in [3.63, 3.8) is 0 Å². The van der Waals surface area contributed by atoms with E-state index in [2.05, 4.69) is 20.7 Å². The molecule has 1 aliphatic heterocycles. The quantitative estimate of drug-likeness (QED) is 0.356. The fourth-order valence-corrected chi connectivity index (χ4v) is 4.56. The first-order valence-corrected chi connectivity index (χ1v) is 13.2. The largest absolute Gasteiger partial charge is 0.465 e. The van der Waals surface area contributed by atoms with Crippen LogP contribution in [0.2, 0.25) is 0 Å². The molecule has 0 radical (unpaired) electrons. The molecule has 1 saturated carbocycles. The zero-order valence-corrected chi connectivity index (χ0v) is 22.2. The maximum absolute atomic E-state index is 13.7. The molecule has 2 amide bonds. The monoisotopic (exact) mass is 560 g/mol. The molecule has 1 aliphatic carbocycles. The summed E-state index contributed by atoms with van der Waals surface area (Å²) in [6, 6.07) is 8.19. The summed E-state index contributed by atoms with van der Waals surface area (Å²) in [7, 11) is 0. The van der Waals surface area contributed by atoms with Crippen LogP contribution in [0.1, 0.15) is 49.9 Å². The highest BCUT2D eigenvalue weighted by Crippen LogP contribution is 2.35. The molecule has 1 aromatic carbocycles. The van der Waals surface area contributed by atoms with E-state index in [1.54, 1.807) is 24.3 Å². The summed E-state index contributed by atoms with van der Waals surface area (Å²) in [6.45, 7) is 3.12. The summed E-state index contributed by atoms with van der Waals surface area (Å²) in [5.74, 6) is -0.328. The van der Waals surface area contributed by atoms with Gasteiger partial charge in [-0.1, -0.05) is 12.1 Å². The topological polar surface area (TPSA) is 121 Å². The van der Waals surface area contributed by atoms with Gasteiger partial charge in [0.05, 0.1) is 17.6 Å². The number of alkyl halides is 3. The Kier molecular flexibility index (Phi) is 7.34. The second-order valence-electron chi connectivity index (χ2n) is 10.8. The third-order valence-corrected chi connectivity index (χ3v) is 7.26. The van der Waals surface area contributed by atoms with Crippen LogP contribution in [0.4, 0.5) is 29.5 Å². The van der Waals surface area contributed by atoms with Gasteiger partial charge in [-0.25, -0.2) is 14.3 Å². The lowest BCUT2D eigenvalue weighted by Gasteiger charge is -2.31. The molecule has 40 heavy (non-hydrogen) atoms. The average molecular weight is 561 g/mol. The number of halogens is 3. The van der Waals surface area contributed by atoms with E-state index in [0.717, 1.165) is 31.6 Å². The van der Waals surface area contributed by atoms with E-state index >= 15 is 0 Å². The number of aromatic nitrogens is 3. The number of carbonyl (C=O) groups is 2. The van der Waals surface area contributed by atoms with Crippen LogP contribution in [-0.2, 0) is 4.74 Å². The molecule has 3 aromatic rings. The Labute approximate surface area is 228 Å². The van der Waals surface area contributed by atoms with Gasteiger partial charge in [0.25, 0.3) is 5.91 Å². The predicted octanol–water partition coefficient (Wildman–Crippen LogP) is 4.95. The van der Waals surface area contributed by atoms with Gasteiger partial charge in [-0.15, -0.1) is 5.10 Å². The van der Waals surface area contributed by atoms with Gasteiger partial charge in [0, 0.05) is 43.0 Å². The second kappa shape index (κ2) is 10.6. The zero-order valence-electron chi connectivity index (χ0n) is 22.2. The Balaban J connectivity index is 1.56. The number of nitrogens with one attached hydrogen (secondary N) is 2. The third-order valence-electron chi connectivity index (χ3n) is 7.26. The standard InChI is InChI=1S/C27H31F3N6O4/c1-26(2,27(28,29)30)33-22-13-20(35(25(38)39)15-16-9-11-40-12-10-16)23-31-14-21(36(23)34-22)17-3-5-18(6-4-17)24(37)32-19-7-8-19/h3-6,13-14,16,19H,7-12,15H2,1-2H3,(H,32,37)(H,33,34)(H,38,39). The van der Waals surface area contributed by atoms with Crippen LogP contribution in [0, 0.1) is 5.92 Å². The third kappa shape index (κ3) is 5.83. The molecule has 0 spiro atoms. The van der Waals surface area contributed by atoms with Crippen molar-refractivity contribution in [1.29, 1.82) is 0 Å². The van der Waals surface area contributed by atoms with Crippen molar-refractivity contribution in [3.8, 4) is 11.3 Å². The number of rotatable bonds is 8. The maximum Gasteiger partial charge on any atom is 0.411 e. The lowest BCUT2D eigenvalue weighted by Crippen LogP contribution is -2.46. The summed E-state index contributed by atoms with van der Waals surface area (Å²) in [5.41, 5.74) is -0.558. The summed E-state index contributed by atoms with van der Waals surface area (Å²) >= 11 is 0. The van der Waals surface area contributed by atoms with Crippen molar-refractivity contribution in [3.05, 3.63) is 42.1 Å². The molecule has 3 heterocycles. The highest BCUT2D eigenvalue weighted by molar-refractivity contribution is 5.95. The fraction of sp³-hybridized carbons (Fsp3) is 0.481. The predicted molar refractivity (Wildman–Crippen MR) is 142 cm³/mol. The lowest BCUT2D eigenvalue weighted by molar-refractivity contribution is -0.168. The van der Waals surface area contributed by atoms with Gasteiger partial charge >= 0.3 is 12.3 Å². The van der Waals surface area contributed by atoms with E-state index in [-0.39, 0.29) is 41.6 Å². The van der Waals surface area contributed by atoms with Gasteiger partial charge in [-0.05, 0) is 57.6 Å². The molecule has 5 rings (SSSR count). The van der Waals surface area contributed by atoms with E-state index in [9.17, 15) is 27.9 Å². The van der Waals surface area contributed by atoms with Crippen molar-refractivity contribution < 1.29 is 32.6 Å². The number of imidazole rings is 1. The van der Waals surface area contributed by atoms with Crippen molar-refractivity contribution in [2.75, 3.05) is 30.0 Å². The van der Waals surface area contributed by atoms with Gasteiger partial charge in [0.1, 0.15) is 11.4 Å². The first kappa shape index (κ1) is 27.7. The van der Waals surface area contributed by atoms with Crippen molar-refractivity contribution in [2.45, 2.75) is 57.3 Å². The van der Waals surface area contributed by atoms with Crippen LogP contribution >= 0.6 is 0 Å². The number of fused-ring (bicyclic) bond motifs is 1. The number of carbonyl (C=O) groups excluding carboxylic acids is 1. The molecule has 2 fully saturated rings. The first-order valence-electron chi connectivity index (χ1n) is 13.2. The summed E-state index contributed by atoms with van der Waals surface area (Å²) in [5, 5.41) is 19.9. The molecule has 10 nitrogen and oxygen atoms in total. The number of amides is 2. The Bertz CT molecular complexity index is 1400. The number of nitrogens with zero attached hydrogens (tertiary/aromatic N) is 4. The lowest BCUT2D eigenvalue weighted by atomic mass is 9.99. The van der Waals surface area contributed by atoms with Gasteiger partial charge in [-0.2, -0.15) is 13.2 Å². The van der Waals surface area contributed by atoms with E-state index in [1.165, 1.54) is 16.8 Å². The van der Waals surface area contributed by atoms with Gasteiger partial charge < -0.3 is 20.5 Å². The van der Waals surface area contributed by atoms with Crippen LogP contribution in [0.25, 0.3) is 16.9 Å². The average Bonchev–Trinajstić information content (AvgIpc) is 3.62. The van der Waals surface area contributed by atoms with Gasteiger partial charge in [0.2, 0.25) is 0 Å². The van der Waals surface area contributed by atoms with Crippen LogP contribution in [0.15, 0.2) is 36.5 Å². The van der Waals surface area contributed by atoms with Crippen LogP contribution in [0.5, 0.6) is 0 Å². The molecular weight excluding hydrogens is 529 g/mol. The number of anilines is 2. The highest BCUT2D eigenvalue weighted by atomic mass is 19.4. The molecule has 214 valence electrons. The SMILES string of the molecule is CC(C)(Nc1cc(N(CC2CCOCC2)C(=O)O)c2ncc(-c3ccc(C(=O)NC4CC4)cc3)n2n1)C(F)(F)F. The minimum absolute atomic E-state index is 0.0184. The highest BCUT2D eigenvalue weighted by Gasteiger charge is 2.47. The van der Waals surface area contributed by atoms with Crippen LogP contribution in [-0.4, -0.2) is 69.2 Å². The normalized spacial score (nSPS) is 16.6. The Hall–Kier alpha value is -3.87. The fourth-order valence-electron chi connectivity index (χ4n) is 4.56. The second-order valence-corrected chi connectivity index (χ2v) is 10.8. The van der Waals surface area contributed by atoms with Crippen molar-refractivity contribution in [2.24, 2.45) is 5.92 Å².